The molecule has 5 heteroatoms. The van der Waals surface area contributed by atoms with Crippen LogP contribution in [0.15, 0.2) is 78.9 Å². The molecule has 1 atom stereocenters. The lowest BCUT2D eigenvalue weighted by Crippen LogP contribution is -2.37. The number of halogens is 1. The molecule has 0 saturated carbocycles. The van der Waals surface area contributed by atoms with Crippen molar-refractivity contribution in [3.05, 3.63) is 101 Å². The van der Waals surface area contributed by atoms with Gasteiger partial charge < -0.3 is 10.6 Å². The Hall–Kier alpha value is -3.47. The summed E-state index contributed by atoms with van der Waals surface area (Å²) in [6.45, 7) is 1.65. The highest BCUT2D eigenvalue weighted by Crippen LogP contribution is 2.19. The largest absolute Gasteiger partial charge is 0.336 e. The van der Waals surface area contributed by atoms with E-state index in [0.717, 1.165) is 0 Å². The first-order valence-corrected chi connectivity index (χ1v) is 8.52. The number of amides is 2. The van der Waals surface area contributed by atoms with Crippen molar-refractivity contribution in [2.45, 2.75) is 13.0 Å². The fourth-order valence-corrected chi connectivity index (χ4v) is 2.63. The lowest BCUT2D eigenvalue weighted by atomic mass is 10.0. The van der Waals surface area contributed by atoms with E-state index in [4.69, 9.17) is 0 Å². The van der Waals surface area contributed by atoms with E-state index in [2.05, 4.69) is 10.6 Å². The molecule has 0 saturated heterocycles. The molecule has 3 aromatic rings. The Morgan fingerprint density at radius 2 is 1.52 bits per heavy atom. The van der Waals surface area contributed by atoms with Crippen LogP contribution in [0.5, 0.6) is 0 Å². The molecule has 0 spiro atoms. The predicted octanol–water partition coefficient (Wildman–Crippen LogP) is 4.24. The molecule has 0 aromatic heterocycles. The zero-order valence-electron chi connectivity index (χ0n) is 14.8. The fourth-order valence-electron chi connectivity index (χ4n) is 2.63. The Balaban J connectivity index is 1.84. The maximum Gasteiger partial charge on any atom is 0.252 e. The van der Waals surface area contributed by atoms with E-state index in [1.54, 1.807) is 67.6 Å². The first-order chi connectivity index (χ1) is 13.0. The minimum atomic E-state index is -0.914. The van der Waals surface area contributed by atoms with E-state index in [0.29, 0.717) is 22.4 Å². The van der Waals surface area contributed by atoms with Crippen LogP contribution in [0.3, 0.4) is 0 Å². The Morgan fingerprint density at radius 3 is 2.15 bits per heavy atom. The van der Waals surface area contributed by atoms with Gasteiger partial charge in [0.1, 0.15) is 11.9 Å². The highest BCUT2D eigenvalue weighted by atomic mass is 19.1. The molecule has 3 aromatic carbocycles. The van der Waals surface area contributed by atoms with Crippen molar-refractivity contribution < 1.29 is 14.0 Å². The van der Waals surface area contributed by atoms with E-state index in [1.807, 2.05) is 12.1 Å². The monoisotopic (exact) mass is 362 g/mol. The van der Waals surface area contributed by atoms with Gasteiger partial charge in [-0.15, -0.1) is 0 Å². The van der Waals surface area contributed by atoms with Gasteiger partial charge in [-0.1, -0.05) is 54.6 Å². The second-order valence-corrected chi connectivity index (χ2v) is 6.14. The SMILES string of the molecule is Cc1ccc(NC(=O)C(NC(=O)c2ccccc2)c2ccccc2)cc1F. The number of hydrogen-bond acceptors (Lipinski definition) is 2. The molecule has 0 radical (unpaired) electrons. The summed E-state index contributed by atoms with van der Waals surface area (Å²) in [5, 5.41) is 5.42. The zero-order valence-corrected chi connectivity index (χ0v) is 14.8. The van der Waals surface area contributed by atoms with Gasteiger partial charge in [0, 0.05) is 11.3 Å². The van der Waals surface area contributed by atoms with Crippen LogP contribution in [0, 0.1) is 12.7 Å². The van der Waals surface area contributed by atoms with E-state index >= 15 is 0 Å². The summed E-state index contributed by atoms with van der Waals surface area (Å²) in [5.74, 6) is -1.22. The van der Waals surface area contributed by atoms with E-state index in [9.17, 15) is 14.0 Å². The van der Waals surface area contributed by atoms with Crippen molar-refractivity contribution >= 4 is 17.5 Å². The van der Waals surface area contributed by atoms with E-state index in [1.165, 1.54) is 6.07 Å². The Labute approximate surface area is 157 Å². The summed E-state index contributed by atoms with van der Waals surface area (Å²) in [6, 6.07) is 21.1. The maximum absolute atomic E-state index is 13.8. The molecule has 136 valence electrons. The average molecular weight is 362 g/mol. The third-order valence-electron chi connectivity index (χ3n) is 4.15. The minimum Gasteiger partial charge on any atom is -0.336 e. The molecule has 27 heavy (non-hydrogen) atoms. The van der Waals surface area contributed by atoms with Crippen LogP contribution in [0.25, 0.3) is 0 Å². The van der Waals surface area contributed by atoms with Crippen molar-refractivity contribution in [3.8, 4) is 0 Å². The minimum absolute atomic E-state index is 0.331. The number of aryl methyl sites for hydroxylation is 1. The van der Waals surface area contributed by atoms with Crippen LogP contribution in [-0.2, 0) is 4.79 Å². The standard InChI is InChI=1S/C22H19FN2O2/c1-15-12-13-18(14-19(15)23)24-22(27)20(16-8-4-2-5-9-16)25-21(26)17-10-6-3-7-11-17/h2-14,20H,1H3,(H,24,27)(H,25,26). The van der Waals surface area contributed by atoms with Crippen molar-refractivity contribution in [3.63, 3.8) is 0 Å². The maximum atomic E-state index is 13.8. The molecule has 1 unspecified atom stereocenters. The molecular formula is C22H19FN2O2. The molecule has 2 N–H and O–H groups in total. The molecule has 0 aliphatic rings. The van der Waals surface area contributed by atoms with Crippen molar-refractivity contribution in [2.75, 3.05) is 5.32 Å². The molecular weight excluding hydrogens is 343 g/mol. The molecule has 4 nitrogen and oxygen atoms in total. The number of benzene rings is 3. The molecule has 0 heterocycles. The van der Waals surface area contributed by atoms with Crippen LogP contribution in [0.1, 0.15) is 27.5 Å². The average Bonchev–Trinajstić information content (AvgIpc) is 2.70. The van der Waals surface area contributed by atoms with Crippen molar-refractivity contribution in [1.82, 2.24) is 5.32 Å². The fraction of sp³-hybridized carbons (Fsp3) is 0.0909. The van der Waals surface area contributed by atoms with Crippen LogP contribution >= 0.6 is 0 Å². The van der Waals surface area contributed by atoms with E-state index in [-0.39, 0.29) is 5.91 Å². The second kappa shape index (κ2) is 8.27. The van der Waals surface area contributed by atoms with Crippen LogP contribution in [0.4, 0.5) is 10.1 Å². The summed E-state index contributed by atoms with van der Waals surface area (Å²) in [5.41, 5.74) is 1.91. The van der Waals surface area contributed by atoms with Gasteiger partial charge in [-0.3, -0.25) is 9.59 Å². The van der Waals surface area contributed by atoms with Gasteiger partial charge in [0.25, 0.3) is 11.8 Å². The first kappa shape index (κ1) is 18.3. The summed E-state index contributed by atoms with van der Waals surface area (Å²) >= 11 is 0. The van der Waals surface area contributed by atoms with Crippen molar-refractivity contribution in [2.24, 2.45) is 0 Å². The molecule has 2 amide bonds. The Morgan fingerprint density at radius 1 is 0.889 bits per heavy atom. The third kappa shape index (κ3) is 4.58. The van der Waals surface area contributed by atoms with Gasteiger partial charge in [-0.2, -0.15) is 0 Å². The highest BCUT2D eigenvalue weighted by Gasteiger charge is 2.23. The van der Waals surface area contributed by atoms with Gasteiger partial charge in [0.2, 0.25) is 0 Å². The summed E-state index contributed by atoms with van der Waals surface area (Å²) in [4.78, 5) is 25.4. The third-order valence-corrected chi connectivity index (χ3v) is 4.15. The topological polar surface area (TPSA) is 58.2 Å². The molecule has 3 rings (SSSR count). The lowest BCUT2D eigenvalue weighted by Gasteiger charge is -2.19. The molecule has 0 aliphatic heterocycles. The quantitative estimate of drug-likeness (QED) is 0.713. The summed E-state index contributed by atoms with van der Waals surface area (Å²) in [7, 11) is 0. The van der Waals surface area contributed by atoms with Gasteiger partial charge in [0.05, 0.1) is 0 Å². The lowest BCUT2D eigenvalue weighted by molar-refractivity contribution is -0.118. The molecule has 0 aliphatic carbocycles. The second-order valence-electron chi connectivity index (χ2n) is 6.14. The predicted molar refractivity (Wildman–Crippen MR) is 103 cm³/mol. The van der Waals surface area contributed by atoms with Crippen LogP contribution in [-0.4, -0.2) is 11.8 Å². The number of rotatable bonds is 5. The molecule has 0 fully saturated rings. The zero-order chi connectivity index (χ0) is 19.2. The van der Waals surface area contributed by atoms with E-state index < -0.39 is 17.8 Å². The molecule has 0 bridgehead atoms. The van der Waals surface area contributed by atoms with Gasteiger partial charge in [0.15, 0.2) is 0 Å². The smallest absolute Gasteiger partial charge is 0.252 e. The van der Waals surface area contributed by atoms with Gasteiger partial charge >= 0.3 is 0 Å². The van der Waals surface area contributed by atoms with Gasteiger partial charge in [-0.25, -0.2) is 4.39 Å². The highest BCUT2D eigenvalue weighted by molar-refractivity contribution is 6.01. The normalized spacial score (nSPS) is 11.5. The summed E-state index contributed by atoms with van der Waals surface area (Å²) in [6.07, 6.45) is 0. The first-order valence-electron chi connectivity index (χ1n) is 8.52. The van der Waals surface area contributed by atoms with Crippen LogP contribution < -0.4 is 10.6 Å². The Kier molecular flexibility index (Phi) is 5.61. The number of carbonyl (C=O) groups is 2. The Bertz CT molecular complexity index is 943. The summed E-state index contributed by atoms with van der Waals surface area (Å²) < 4.78 is 13.8. The number of hydrogen-bond donors (Lipinski definition) is 2. The number of carbonyl (C=O) groups excluding carboxylic acids is 2. The van der Waals surface area contributed by atoms with Gasteiger partial charge in [-0.05, 0) is 42.3 Å². The van der Waals surface area contributed by atoms with Crippen LogP contribution in [0.2, 0.25) is 0 Å². The number of anilines is 1. The number of nitrogens with one attached hydrogen (secondary N) is 2. The van der Waals surface area contributed by atoms with Crippen molar-refractivity contribution in [1.29, 1.82) is 0 Å².